The Labute approximate surface area is 218 Å². The summed E-state index contributed by atoms with van der Waals surface area (Å²) in [5.41, 5.74) is 5.63. The second-order valence-corrected chi connectivity index (χ2v) is 9.72. The predicted molar refractivity (Wildman–Crippen MR) is 152 cm³/mol. The van der Waals surface area contributed by atoms with E-state index in [4.69, 9.17) is 0 Å². The molecule has 0 unspecified atom stereocenters. The van der Waals surface area contributed by atoms with Crippen molar-refractivity contribution in [2.45, 2.75) is 25.9 Å². The number of rotatable bonds is 8. The van der Waals surface area contributed by atoms with Crippen molar-refractivity contribution < 1.29 is 4.39 Å². The fourth-order valence-electron chi connectivity index (χ4n) is 4.77. The molecular weight excluding hydrogens is 463 g/mol. The Bertz CT molecular complexity index is 1170. The second-order valence-electron chi connectivity index (χ2n) is 9.72. The van der Waals surface area contributed by atoms with Crippen LogP contribution in [0.25, 0.3) is 0 Å². The van der Waals surface area contributed by atoms with Gasteiger partial charge < -0.3 is 20.4 Å². The zero-order valence-electron chi connectivity index (χ0n) is 21.7. The molecule has 2 aliphatic rings. The van der Waals surface area contributed by atoms with Gasteiger partial charge in [-0.15, -0.1) is 0 Å². The zero-order valence-corrected chi connectivity index (χ0v) is 21.7. The number of aliphatic imine (C=N–C) groups is 2. The average Bonchev–Trinajstić information content (AvgIpc) is 2.96. The third kappa shape index (κ3) is 5.93. The van der Waals surface area contributed by atoms with Gasteiger partial charge in [0.25, 0.3) is 0 Å². The number of benzene rings is 3. The molecule has 0 aromatic heterocycles. The number of halogens is 1. The van der Waals surface area contributed by atoms with Crippen LogP contribution in [-0.4, -0.2) is 51.9 Å². The molecule has 0 spiro atoms. The topological polar surface area (TPSA) is 55.3 Å². The third-order valence-corrected chi connectivity index (χ3v) is 6.93. The molecule has 0 saturated carbocycles. The average molecular weight is 499 g/mol. The van der Waals surface area contributed by atoms with E-state index in [2.05, 4.69) is 78.9 Å². The molecule has 3 aromatic carbocycles. The van der Waals surface area contributed by atoms with Crippen LogP contribution in [0.3, 0.4) is 0 Å². The number of nitrogens with zero attached hydrogens (tertiary/aromatic N) is 4. The number of amidine groups is 2. The lowest BCUT2D eigenvalue weighted by atomic mass is 10.1. The first-order valence-electron chi connectivity index (χ1n) is 13.0. The second kappa shape index (κ2) is 11.5. The lowest BCUT2D eigenvalue weighted by Crippen LogP contribution is -2.30. The van der Waals surface area contributed by atoms with Crippen molar-refractivity contribution in [3.05, 3.63) is 94.8 Å². The number of anilines is 2. The maximum Gasteiger partial charge on any atom is 0.133 e. The molecule has 2 N–H and O–H groups in total. The van der Waals surface area contributed by atoms with E-state index < -0.39 is 0 Å². The van der Waals surface area contributed by atoms with Gasteiger partial charge in [-0.3, -0.25) is 9.98 Å². The summed E-state index contributed by atoms with van der Waals surface area (Å²) in [5, 5.41) is 6.71. The van der Waals surface area contributed by atoms with E-state index >= 15 is 4.39 Å². The first-order valence-corrected chi connectivity index (χ1v) is 13.0. The smallest absolute Gasteiger partial charge is 0.133 e. The van der Waals surface area contributed by atoms with Gasteiger partial charge in [-0.2, -0.15) is 0 Å². The molecule has 2 heterocycles. The number of hydrogen-bond acceptors (Lipinski definition) is 6. The molecule has 0 radical (unpaired) electrons. The molecule has 6 nitrogen and oxygen atoms in total. The quantitative estimate of drug-likeness (QED) is 0.478. The Morgan fingerprint density at radius 1 is 0.676 bits per heavy atom. The zero-order chi connectivity index (χ0) is 25.6. The van der Waals surface area contributed by atoms with Crippen LogP contribution in [0.4, 0.5) is 15.8 Å². The van der Waals surface area contributed by atoms with Gasteiger partial charge in [-0.05, 0) is 61.4 Å². The van der Waals surface area contributed by atoms with E-state index in [1.807, 2.05) is 32.3 Å². The van der Waals surface area contributed by atoms with Gasteiger partial charge >= 0.3 is 0 Å². The first-order chi connectivity index (χ1) is 18.1. The van der Waals surface area contributed by atoms with Gasteiger partial charge in [-0.1, -0.05) is 18.2 Å². The van der Waals surface area contributed by atoms with Crippen molar-refractivity contribution >= 4 is 23.0 Å². The van der Waals surface area contributed by atoms with Gasteiger partial charge in [0, 0.05) is 87.0 Å². The number of nitrogens with one attached hydrogen (secondary N) is 2. The highest BCUT2D eigenvalue weighted by molar-refractivity contribution is 5.99. The van der Waals surface area contributed by atoms with Crippen LogP contribution in [0, 0.1) is 5.82 Å². The molecule has 2 aliphatic heterocycles. The highest BCUT2D eigenvalue weighted by atomic mass is 19.1. The summed E-state index contributed by atoms with van der Waals surface area (Å²) >= 11 is 0. The van der Waals surface area contributed by atoms with Crippen molar-refractivity contribution in [1.82, 2.24) is 10.6 Å². The van der Waals surface area contributed by atoms with Crippen molar-refractivity contribution in [2.24, 2.45) is 9.98 Å². The van der Waals surface area contributed by atoms with Gasteiger partial charge in [-0.25, -0.2) is 4.39 Å². The van der Waals surface area contributed by atoms with E-state index in [1.165, 1.54) is 0 Å². The highest BCUT2D eigenvalue weighted by Gasteiger charge is 2.14. The van der Waals surface area contributed by atoms with E-state index in [-0.39, 0.29) is 5.82 Å². The lowest BCUT2D eigenvalue weighted by Gasteiger charge is -2.23. The molecule has 0 aliphatic carbocycles. The summed E-state index contributed by atoms with van der Waals surface area (Å²) in [6.45, 7) is 4.64. The van der Waals surface area contributed by atoms with Crippen molar-refractivity contribution in [1.29, 1.82) is 0 Å². The van der Waals surface area contributed by atoms with Crippen LogP contribution in [0.2, 0.25) is 0 Å². The molecule has 5 rings (SSSR count). The minimum Gasteiger partial charge on any atom is -0.370 e. The van der Waals surface area contributed by atoms with Crippen LogP contribution in [0.1, 0.15) is 35.1 Å². The van der Waals surface area contributed by atoms with Crippen LogP contribution in [0.5, 0.6) is 0 Å². The summed E-state index contributed by atoms with van der Waals surface area (Å²) in [5.74, 6) is 1.77. The summed E-state index contributed by atoms with van der Waals surface area (Å²) < 4.78 is 15.5. The van der Waals surface area contributed by atoms with Crippen molar-refractivity contribution in [3.8, 4) is 0 Å². The van der Waals surface area contributed by atoms with E-state index in [9.17, 15) is 0 Å². The molecule has 3 aromatic rings. The number of hydrogen-bond donors (Lipinski definition) is 2. The Hall–Kier alpha value is -3.87. The third-order valence-electron chi connectivity index (χ3n) is 6.93. The molecule has 0 atom stereocenters. The Morgan fingerprint density at radius 2 is 1.11 bits per heavy atom. The fourth-order valence-corrected chi connectivity index (χ4v) is 4.77. The maximum atomic E-state index is 15.5. The van der Waals surface area contributed by atoms with Crippen LogP contribution in [-0.2, 0) is 13.1 Å². The molecular formula is C30H35FN6. The highest BCUT2D eigenvalue weighted by Crippen LogP contribution is 2.23. The minimum absolute atomic E-state index is 0.143. The fraction of sp³-hybridized carbons (Fsp3) is 0.333. The largest absolute Gasteiger partial charge is 0.370 e. The predicted octanol–water partition coefficient (Wildman–Crippen LogP) is 4.58. The summed E-state index contributed by atoms with van der Waals surface area (Å²) in [6.07, 6.45) is 2.15. The first kappa shape index (κ1) is 24.8. The Morgan fingerprint density at radius 3 is 1.49 bits per heavy atom. The molecule has 0 amide bonds. The van der Waals surface area contributed by atoms with Gasteiger partial charge in [0.2, 0.25) is 0 Å². The Balaban J connectivity index is 1.24. The van der Waals surface area contributed by atoms with Crippen molar-refractivity contribution in [2.75, 3.05) is 50.1 Å². The summed E-state index contributed by atoms with van der Waals surface area (Å²) in [4.78, 5) is 13.3. The molecule has 0 fully saturated rings. The van der Waals surface area contributed by atoms with E-state index in [1.54, 1.807) is 0 Å². The van der Waals surface area contributed by atoms with Crippen LogP contribution >= 0.6 is 0 Å². The summed E-state index contributed by atoms with van der Waals surface area (Å²) in [7, 11) is 3.99. The Kier molecular flexibility index (Phi) is 7.68. The van der Waals surface area contributed by atoms with Crippen LogP contribution < -0.4 is 20.4 Å². The molecule has 192 valence electrons. The standard InChI is InChI=1S/C30H35FN6/c1-36(26-12-8-22(9-13-26)29-32-16-4-17-33-29)20-24-6-3-7-25(28(24)31)21-37(2)27-14-10-23(11-15-27)30-34-18-5-19-35-30/h3,6-15H,4-5,16-21H2,1-2H3,(H,32,33)(H,34,35). The summed E-state index contributed by atoms with van der Waals surface area (Å²) in [6, 6.07) is 22.3. The van der Waals surface area contributed by atoms with Crippen LogP contribution in [0.15, 0.2) is 76.7 Å². The van der Waals surface area contributed by atoms with E-state index in [0.717, 1.165) is 73.2 Å². The lowest BCUT2D eigenvalue weighted by molar-refractivity contribution is 0.589. The van der Waals surface area contributed by atoms with E-state index in [0.29, 0.717) is 24.2 Å². The SMILES string of the molecule is CN(Cc1cccc(CN(C)c2ccc(C3=NCCCN3)cc2)c1F)c1ccc(C2=NCCCN2)cc1. The monoisotopic (exact) mass is 498 g/mol. The minimum atomic E-state index is -0.143. The molecule has 37 heavy (non-hydrogen) atoms. The van der Waals surface area contributed by atoms with Crippen molar-refractivity contribution in [3.63, 3.8) is 0 Å². The van der Waals surface area contributed by atoms with Gasteiger partial charge in [0.05, 0.1) is 0 Å². The molecule has 0 saturated heterocycles. The normalized spacial score (nSPS) is 15.2. The van der Waals surface area contributed by atoms with Gasteiger partial charge in [0.15, 0.2) is 0 Å². The van der Waals surface area contributed by atoms with Gasteiger partial charge in [0.1, 0.15) is 17.5 Å². The maximum absolute atomic E-state index is 15.5. The molecule has 0 bridgehead atoms. The molecule has 7 heteroatoms.